The van der Waals surface area contributed by atoms with Crippen LogP contribution < -0.4 is 0 Å². The minimum Gasteiger partial charge on any atom is -0.258 e. The van der Waals surface area contributed by atoms with Crippen LogP contribution in [0.15, 0.2) is 30.5 Å². The fourth-order valence-corrected chi connectivity index (χ4v) is 1.65. The van der Waals surface area contributed by atoms with Gasteiger partial charge in [0.1, 0.15) is 5.69 Å². The van der Waals surface area contributed by atoms with Crippen molar-refractivity contribution in [3.05, 3.63) is 56.4 Å². The number of aryl methyl sites for hydroxylation is 1. The second-order valence-electron chi connectivity index (χ2n) is 3.79. The van der Waals surface area contributed by atoms with Gasteiger partial charge in [-0.1, -0.05) is 6.92 Å². The van der Waals surface area contributed by atoms with Gasteiger partial charge < -0.3 is 0 Å². The lowest BCUT2D eigenvalue weighted by Crippen LogP contribution is -2.02. The van der Waals surface area contributed by atoms with Crippen LogP contribution in [0.2, 0.25) is 0 Å². The highest BCUT2D eigenvalue weighted by Gasteiger charge is 2.21. The van der Waals surface area contributed by atoms with Gasteiger partial charge in [0.05, 0.1) is 21.6 Å². The Morgan fingerprint density at radius 3 is 2.47 bits per heavy atom. The van der Waals surface area contributed by atoms with E-state index >= 15 is 0 Å². The monoisotopic (exact) mass is 262 g/mol. The van der Waals surface area contributed by atoms with Crippen LogP contribution in [0.1, 0.15) is 12.6 Å². The molecule has 0 amide bonds. The van der Waals surface area contributed by atoms with E-state index in [9.17, 15) is 20.2 Å². The molecule has 2 rings (SSSR count). The molecule has 0 N–H and O–H groups in total. The third kappa shape index (κ3) is 2.41. The van der Waals surface area contributed by atoms with Crippen LogP contribution in [0.4, 0.5) is 11.4 Å². The number of aromatic nitrogens is 2. The first kappa shape index (κ1) is 12.7. The summed E-state index contributed by atoms with van der Waals surface area (Å²) >= 11 is 0. The van der Waals surface area contributed by atoms with Gasteiger partial charge >= 0.3 is 5.69 Å². The van der Waals surface area contributed by atoms with Crippen molar-refractivity contribution in [2.75, 3.05) is 0 Å². The first-order chi connectivity index (χ1) is 9.02. The number of non-ortho nitro benzene ring substituents is 1. The van der Waals surface area contributed by atoms with Gasteiger partial charge in [0, 0.05) is 12.3 Å². The fraction of sp³-hybridized carbons (Fsp3) is 0.182. The summed E-state index contributed by atoms with van der Waals surface area (Å²) in [7, 11) is 0. The van der Waals surface area contributed by atoms with Crippen LogP contribution in [0.3, 0.4) is 0 Å². The Labute approximate surface area is 107 Å². The minimum absolute atomic E-state index is 0.204. The molecule has 0 aliphatic heterocycles. The number of hydrogen-bond donors (Lipinski definition) is 0. The molecule has 19 heavy (non-hydrogen) atoms. The predicted molar refractivity (Wildman–Crippen MR) is 66.3 cm³/mol. The molecule has 0 atom stereocenters. The number of nitro benzene ring substituents is 2. The third-order valence-corrected chi connectivity index (χ3v) is 2.62. The second-order valence-corrected chi connectivity index (χ2v) is 3.79. The van der Waals surface area contributed by atoms with Crippen molar-refractivity contribution < 1.29 is 9.85 Å². The van der Waals surface area contributed by atoms with Crippen molar-refractivity contribution >= 4 is 11.4 Å². The smallest absolute Gasteiger partial charge is 0.258 e. The Morgan fingerprint density at radius 2 is 1.95 bits per heavy atom. The van der Waals surface area contributed by atoms with Crippen molar-refractivity contribution in [1.29, 1.82) is 0 Å². The van der Waals surface area contributed by atoms with Gasteiger partial charge in [-0.05, 0) is 18.6 Å². The van der Waals surface area contributed by atoms with Crippen LogP contribution in [0, 0.1) is 20.2 Å². The summed E-state index contributed by atoms with van der Waals surface area (Å²) in [6, 6.07) is 5.21. The maximum atomic E-state index is 11.0. The standard InChI is InChI=1S/C11H10N4O4/c1-2-8-5-6-13(12-8)10-4-3-9(14(16)17)7-11(10)15(18)19/h3-7H,2H2,1H3. The average molecular weight is 262 g/mol. The lowest BCUT2D eigenvalue weighted by Gasteiger charge is -2.02. The van der Waals surface area contributed by atoms with Crippen LogP contribution in [-0.2, 0) is 6.42 Å². The zero-order valence-corrected chi connectivity index (χ0v) is 10.0. The largest absolute Gasteiger partial charge is 0.301 e. The van der Waals surface area contributed by atoms with Crippen molar-refractivity contribution in [2.45, 2.75) is 13.3 Å². The first-order valence-corrected chi connectivity index (χ1v) is 5.50. The van der Waals surface area contributed by atoms with Crippen LogP contribution >= 0.6 is 0 Å². The summed E-state index contributed by atoms with van der Waals surface area (Å²) in [6.45, 7) is 1.91. The summed E-state index contributed by atoms with van der Waals surface area (Å²) in [5, 5.41) is 25.8. The molecular weight excluding hydrogens is 252 g/mol. The molecule has 8 nitrogen and oxygen atoms in total. The second kappa shape index (κ2) is 4.84. The SMILES string of the molecule is CCc1ccn(-c2ccc([N+](=O)[O-])cc2[N+](=O)[O-])n1. The summed E-state index contributed by atoms with van der Waals surface area (Å²) < 4.78 is 1.35. The predicted octanol–water partition coefficient (Wildman–Crippen LogP) is 2.25. The van der Waals surface area contributed by atoms with Crippen LogP contribution in [0.25, 0.3) is 5.69 Å². The molecule has 0 bridgehead atoms. The molecule has 0 saturated carbocycles. The van der Waals surface area contributed by atoms with Gasteiger partial charge in [0.15, 0.2) is 0 Å². The van der Waals surface area contributed by atoms with Gasteiger partial charge in [0.25, 0.3) is 5.69 Å². The van der Waals surface area contributed by atoms with Gasteiger partial charge in [-0.15, -0.1) is 0 Å². The maximum absolute atomic E-state index is 11.0. The normalized spacial score (nSPS) is 10.4. The Balaban J connectivity index is 2.56. The maximum Gasteiger partial charge on any atom is 0.301 e. The highest BCUT2D eigenvalue weighted by molar-refractivity contribution is 5.57. The highest BCUT2D eigenvalue weighted by Crippen LogP contribution is 2.27. The van der Waals surface area contributed by atoms with E-state index in [1.54, 1.807) is 12.3 Å². The Morgan fingerprint density at radius 1 is 1.21 bits per heavy atom. The topological polar surface area (TPSA) is 104 Å². The summed E-state index contributed by atoms with van der Waals surface area (Å²) in [4.78, 5) is 20.3. The van der Waals surface area contributed by atoms with Crippen molar-refractivity contribution in [2.24, 2.45) is 0 Å². The zero-order valence-electron chi connectivity index (χ0n) is 10.0. The number of nitrogens with zero attached hydrogens (tertiary/aromatic N) is 4. The average Bonchev–Trinajstić information content (AvgIpc) is 2.86. The lowest BCUT2D eigenvalue weighted by atomic mass is 10.2. The van der Waals surface area contributed by atoms with E-state index in [0.29, 0.717) is 6.42 Å². The molecule has 0 fully saturated rings. The zero-order chi connectivity index (χ0) is 14.0. The molecule has 0 unspecified atom stereocenters. The van der Waals surface area contributed by atoms with Gasteiger partial charge in [-0.2, -0.15) is 5.10 Å². The molecule has 0 spiro atoms. The summed E-state index contributed by atoms with van der Waals surface area (Å²) in [5.74, 6) is 0. The van der Waals surface area contributed by atoms with E-state index in [-0.39, 0.29) is 17.1 Å². The van der Waals surface area contributed by atoms with Crippen LogP contribution in [0.5, 0.6) is 0 Å². The molecule has 0 aliphatic rings. The van der Waals surface area contributed by atoms with E-state index in [1.807, 2.05) is 6.92 Å². The molecule has 8 heteroatoms. The molecule has 98 valence electrons. The van der Waals surface area contributed by atoms with Gasteiger partial charge in [-0.25, -0.2) is 4.68 Å². The Kier molecular flexibility index (Phi) is 3.23. The molecule has 0 aliphatic carbocycles. The third-order valence-electron chi connectivity index (χ3n) is 2.62. The van der Waals surface area contributed by atoms with Gasteiger partial charge in [0.2, 0.25) is 0 Å². The molecule has 1 aromatic carbocycles. The van der Waals surface area contributed by atoms with E-state index < -0.39 is 9.85 Å². The Hall–Kier alpha value is -2.77. The molecule has 0 radical (unpaired) electrons. The van der Waals surface area contributed by atoms with Crippen LogP contribution in [-0.4, -0.2) is 19.6 Å². The number of hydrogen-bond acceptors (Lipinski definition) is 5. The molecular formula is C11H10N4O4. The minimum atomic E-state index is -0.669. The first-order valence-electron chi connectivity index (χ1n) is 5.50. The Bertz CT molecular complexity index is 650. The van der Waals surface area contributed by atoms with Gasteiger partial charge in [-0.3, -0.25) is 20.2 Å². The van der Waals surface area contributed by atoms with E-state index in [0.717, 1.165) is 11.8 Å². The number of rotatable bonds is 4. The van der Waals surface area contributed by atoms with Crippen molar-refractivity contribution in [3.8, 4) is 5.69 Å². The molecule has 0 saturated heterocycles. The van der Waals surface area contributed by atoms with E-state index in [4.69, 9.17) is 0 Å². The molecule has 2 aromatic rings. The molecule has 1 heterocycles. The summed E-state index contributed by atoms with van der Waals surface area (Å²) in [6.07, 6.45) is 2.29. The van der Waals surface area contributed by atoms with Crippen molar-refractivity contribution in [1.82, 2.24) is 9.78 Å². The highest BCUT2D eigenvalue weighted by atomic mass is 16.6. The fourth-order valence-electron chi connectivity index (χ4n) is 1.65. The lowest BCUT2D eigenvalue weighted by molar-refractivity contribution is -0.394. The van der Waals surface area contributed by atoms with E-state index in [1.165, 1.54) is 16.8 Å². The van der Waals surface area contributed by atoms with Crippen molar-refractivity contribution in [3.63, 3.8) is 0 Å². The number of nitro groups is 2. The van der Waals surface area contributed by atoms with E-state index in [2.05, 4.69) is 5.10 Å². The number of benzene rings is 1. The molecule has 1 aromatic heterocycles. The quantitative estimate of drug-likeness (QED) is 0.620. The summed E-state index contributed by atoms with van der Waals surface area (Å²) in [5.41, 5.74) is 0.321.